The summed E-state index contributed by atoms with van der Waals surface area (Å²) >= 11 is 0. The summed E-state index contributed by atoms with van der Waals surface area (Å²) in [5.41, 5.74) is 0.440. The van der Waals surface area contributed by atoms with Gasteiger partial charge in [-0.2, -0.15) is 0 Å². The number of hydrogen-bond donors (Lipinski definition) is 2. The topological polar surface area (TPSA) is 41.1 Å². The van der Waals surface area contributed by atoms with Crippen molar-refractivity contribution in [2.75, 3.05) is 13.6 Å². The number of unbranched alkanes of at least 4 members (excludes halogenated alkanes) is 1. The van der Waals surface area contributed by atoms with Gasteiger partial charge >= 0.3 is 0 Å². The largest absolute Gasteiger partial charge is 0.353 e. The Morgan fingerprint density at radius 1 is 1.10 bits per heavy atom. The van der Waals surface area contributed by atoms with Crippen molar-refractivity contribution in [3.05, 3.63) is 0 Å². The number of rotatable bonds is 7. The molecule has 0 aromatic rings. The van der Waals surface area contributed by atoms with Crippen molar-refractivity contribution in [2.24, 2.45) is 23.2 Å². The van der Waals surface area contributed by atoms with Gasteiger partial charge in [0.05, 0.1) is 0 Å². The second-order valence-corrected chi connectivity index (χ2v) is 8.13. The Kier molecular flexibility index (Phi) is 4.58. The van der Waals surface area contributed by atoms with Gasteiger partial charge in [-0.25, -0.2) is 0 Å². The molecule has 4 bridgehead atoms. The zero-order chi connectivity index (χ0) is 14.9. The molecule has 0 spiro atoms. The molecule has 4 rings (SSSR count). The van der Waals surface area contributed by atoms with Gasteiger partial charge in [-0.1, -0.05) is 0 Å². The summed E-state index contributed by atoms with van der Waals surface area (Å²) in [6.45, 7) is 3.29. The second-order valence-electron chi connectivity index (χ2n) is 8.13. The molecule has 0 aromatic heterocycles. The minimum absolute atomic E-state index is 0.273. The highest BCUT2D eigenvalue weighted by Gasteiger charge is 2.53. The van der Waals surface area contributed by atoms with Gasteiger partial charge in [0.25, 0.3) is 0 Å². The Bertz CT molecular complexity index is 344. The summed E-state index contributed by atoms with van der Waals surface area (Å²) < 4.78 is 0. The lowest BCUT2D eigenvalue weighted by Crippen LogP contribution is -2.55. The van der Waals surface area contributed by atoms with Crippen LogP contribution in [-0.2, 0) is 4.79 Å². The SMILES string of the molecule is CNCCCCC(=O)NC(C)C12CC3CC(CC(C3)C1)C2. The molecule has 21 heavy (non-hydrogen) atoms. The van der Waals surface area contributed by atoms with Crippen molar-refractivity contribution in [3.63, 3.8) is 0 Å². The van der Waals surface area contributed by atoms with Crippen molar-refractivity contribution in [2.45, 2.75) is 70.8 Å². The highest BCUT2D eigenvalue weighted by atomic mass is 16.1. The van der Waals surface area contributed by atoms with Crippen molar-refractivity contribution in [3.8, 4) is 0 Å². The van der Waals surface area contributed by atoms with Crippen molar-refractivity contribution in [1.82, 2.24) is 10.6 Å². The van der Waals surface area contributed by atoms with Gasteiger partial charge in [-0.15, -0.1) is 0 Å². The van der Waals surface area contributed by atoms with Gasteiger partial charge in [0.15, 0.2) is 0 Å². The van der Waals surface area contributed by atoms with Crippen LogP contribution in [0.15, 0.2) is 0 Å². The smallest absolute Gasteiger partial charge is 0.220 e. The molecule has 4 aliphatic rings. The second kappa shape index (κ2) is 6.28. The molecule has 1 amide bonds. The highest BCUT2D eigenvalue weighted by Crippen LogP contribution is 2.61. The fourth-order valence-electron chi connectivity index (χ4n) is 5.76. The monoisotopic (exact) mass is 292 g/mol. The Balaban J connectivity index is 1.51. The zero-order valence-electron chi connectivity index (χ0n) is 13.8. The lowest BCUT2D eigenvalue weighted by molar-refractivity contribution is -0.126. The Morgan fingerprint density at radius 3 is 2.19 bits per heavy atom. The van der Waals surface area contributed by atoms with E-state index in [0.29, 0.717) is 17.9 Å². The number of carbonyl (C=O) groups is 1. The summed E-state index contributed by atoms with van der Waals surface area (Å²) in [4.78, 5) is 12.2. The van der Waals surface area contributed by atoms with Gasteiger partial charge in [0.2, 0.25) is 5.91 Å². The van der Waals surface area contributed by atoms with Crippen LogP contribution in [0.2, 0.25) is 0 Å². The molecule has 4 fully saturated rings. The predicted octanol–water partition coefficient (Wildman–Crippen LogP) is 3.10. The lowest BCUT2D eigenvalue weighted by atomic mass is 9.48. The van der Waals surface area contributed by atoms with Crippen LogP contribution in [0.4, 0.5) is 0 Å². The average molecular weight is 292 g/mol. The molecule has 0 aliphatic heterocycles. The van der Waals surface area contributed by atoms with Gasteiger partial charge in [-0.3, -0.25) is 4.79 Å². The molecule has 4 saturated carbocycles. The molecule has 0 heterocycles. The van der Waals surface area contributed by atoms with E-state index in [4.69, 9.17) is 0 Å². The first-order valence-corrected chi connectivity index (χ1v) is 9.05. The Morgan fingerprint density at radius 2 is 1.67 bits per heavy atom. The van der Waals surface area contributed by atoms with Gasteiger partial charge < -0.3 is 10.6 Å². The third-order valence-electron chi connectivity index (χ3n) is 6.46. The third kappa shape index (κ3) is 3.28. The van der Waals surface area contributed by atoms with E-state index in [9.17, 15) is 4.79 Å². The lowest BCUT2D eigenvalue weighted by Gasteiger charge is -2.59. The maximum absolute atomic E-state index is 12.2. The van der Waals surface area contributed by atoms with E-state index < -0.39 is 0 Å². The maximum atomic E-state index is 12.2. The first-order chi connectivity index (χ1) is 10.1. The average Bonchev–Trinajstić information content (AvgIpc) is 2.42. The quantitative estimate of drug-likeness (QED) is 0.708. The van der Waals surface area contributed by atoms with Crippen LogP contribution >= 0.6 is 0 Å². The summed E-state index contributed by atoms with van der Waals surface area (Å²) in [6.07, 6.45) is 11.3. The van der Waals surface area contributed by atoms with Crippen LogP contribution in [0, 0.1) is 23.2 Å². The molecule has 3 nitrogen and oxygen atoms in total. The standard InChI is InChI=1S/C18H32N2O/c1-13(20-17(21)5-3-4-6-19-2)18-10-14-7-15(11-18)9-16(8-14)12-18/h13-16,19H,3-12H2,1-2H3,(H,20,21). The van der Waals surface area contributed by atoms with Gasteiger partial charge in [0, 0.05) is 12.5 Å². The summed E-state index contributed by atoms with van der Waals surface area (Å²) in [7, 11) is 1.97. The van der Waals surface area contributed by atoms with E-state index in [2.05, 4.69) is 17.6 Å². The van der Waals surface area contributed by atoms with Gasteiger partial charge in [0.1, 0.15) is 0 Å². The van der Waals surface area contributed by atoms with Crippen LogP contribution in [0.3, 0.4) is 0 Å². The minimum atomic E-state index is 0.273. The molecular weight excluding hydrogens is 260 g/mol. The Hall–Kier alpha value is -0.570. The van der Waals surface area contributed by atoms with Crippen molar-refractivity contribution in [1.29, 1.82) is 0 Å². The molecule has 120 valence electrons. The van der Waals surface area contributed by atoms with E-state index >= 15 is 0 Å². The van der Waals surface area contributed by atoms with Crippen LogP contribution < -0.4 is 10.6 Å². The molecule has 3 heteroatoms. The third-order valence-corrected chi connectivity index (χ3v) is 6.46. The predicted molar refractivity (Wildman–Crippen MR) is 86.0 cm³/mol. The Labute approximate surface area is 129 Å². The zero-order valence-corrected chi connectivity index (χ0v) is 13.8. The molecular formula is C18H32N2O. The molecule has 0 saturated heterocycles. The molecule has 0 radical (unpaired) electrons. The van der Waals surface area contributed by atoms with Crippen LogP contribution in [0.25, 0.3) is 0 Å². The maximum Gasteiger partial charge on any atom is 0.220 e. The fourth-order valence-corrected chi connectivity index (χ4v) is 5.76. The molecule has 1 unspecified atom stereocenters. The first kappa shape index (κ1) is 15.3. The van der Waals surface area contributed by atoms with E-state index in [1.165, 1.54) is 38.5 Å². The van der Waals surface area contributed by atoms with Crippen molar-refractivity contribution >= 4 is 5.91 Å². The van der Waals surface area contributed by atoms with E-state index in [-0.39, 0.29) is 5.91 Å². The molecule has 2 N–H and O–H groups in total. The number of carbonyl (C=O) groups excluding carboxylic acids is 1. The van der Waals surface area contributed by atoms with Crippen LogP contribution in [0.5, 0.6) is 0 Å². The number of amides is 1. The number of nitrogens with one attached hydrogen (secondary N) is 2. The normalized spacial score (nSPS) is 38.5. The van der Waals surface area contributed by atoms with E-state index in [1.54, 1.807) is 0 Å². The highest BCUT2D eigenvalue weighted by molar-refractivity contribution is 5.76. The summed E-state index contributed by atoms with van der Waals surface area (Å²) in [6, 6.07) is 0.378. The molecule has 4 aliphatic carbocycles. The molecule has 1 atom stereocenters. The molecule has 0 aromatic carbocycles. The van der Waals surface area contributed by atoms with E-state index in [0.717, 1.165) is 37.1 Å². The first-order valence-electron chi connectivity index (χ1n) is 9.05. The van der Waals surface area contributed by atoms with E-state index in [1.807, 2.05) is 7.05 Å². The summed E-state index contributed by atoms with van der Waals surface area (Å²) in [5, 5.41) is 6.49. The fraction of sp³-hybridized carbons (Fsp3) is 0.944. The van der Waals surface area contributed by atoms with Crippen LogP contribution in [-0.4, -0.2) is 25.5 Å². The van der Waals surface area contributed by atoms with Crippen LogP contribution in [0.1, 0.15) is 64.7 Å². The van der Waals surface area contributed by atoms with Crippen molar-refractivity contribution < 1.29 is 4.79 Å². The summed E-state index contributed by atoms with van der Waals surface area (Å²) in [5.74, 6) is 3.16. The minimum Gasteiger partial charge on any atom is -0.353 e. The van der Waals surface area contributed by atoms with Gasteiger partial charge in [-0.05, 0) is 95.1 Å². The number of hydrogen-bond acceptors (Lipinski definition) is 2.